The number of hydrogen-bond acceptors (Lipinski definition) is 3. The number of aliphatic hydroxyl groups is 1. The third kappa shape index (κ3) is 4.53. The van der Waals surface area contributed by atoms with Gasteiger partial charge in [0.05, 0.1) is 6.54 Å². The van der Waals surface area contributed by atoms with Gasteiger partial charge >= 0.3 is 6.18 Å². The van der Waals surface area contributed by atoms with E-state index in [4.69, 9.17) is 5.11 Å². The number of rotatable bonds is 4. The summed E-state index contributed by atoms with van der Waals surface area (Å²) < 4.78 is 37.6. The Morgan fingerprint density at radius 3 is 2.74 bits per heavy atom. The zero-order valence-corrected chi connectivity index (χ0v) is 11.0. The van der Waals surface area contributed by atoms with Crippen LogP contribution in [0.4, 0.5) is 13.2 Å². The van der Waals surface area contributed by atoms with Gasteiger partial charge < -0.3 is 5.11 Å². The van der Waals surface area contributed by atoms with Crippen LogP contribution in [0.5, 0.6) is 0 Å². The number of nitrogens with zero attached hydrogens (tertiary/aromatic N) is 1. The molecule has 6 heteroatoms. The van der Waals surface area contributed by atoms with E-state index in [9.17, 15) is 13.2 Å². The van der Waals surface area contributed by atoms with Crippen LogP contribution in [0.25, 0.3) is 0 Å². The summed E-state index contributed by atoms with van der Waals surface area (Å²) in [6.07, 6.45) is -2.50. The van der Waals surface area contributed by atoms with Crippen molar-refractivity contribution in [2.24, 2.45) is 0 Å². The number of hydrogen-bond donors (Lipinski definition) is 1. The molecule has 1 aliphatic rings. The second-order valence-electron chi connectivity index (χ2n) is 4.47. The Labute approximate surface area is 113 Å². The number of thiophene rings is 1. The molecule has 0 aliphatic heterocycles. The van der Waals surface area contributed by atoms with Crippen molar-refractivity contribution >= 4 is 11.3 Å². The van der Waals surface area contributed by atoms with Gasteiger partial charge in [-0.15, -0.1) is 11.3 Å². The summed E-state index contributed by atoms with van der Waals surface area (Å²) in [5.74, 6) is 5.30. The van der Waals surface area contributed by atoms with Crippen molar-refractivity contribution in [3.63, 3.8) is 0 Å². The summed E-state index contributed by atoms with van der Waals surface area (Å²) in [6, 6.07) is 1.82. The Balaban J connectivity index is 2.07. The van der Waals surface area contributed by atoms with Gasteiger partial charge in [0.15, 0.2) is 0 Å². The van der Waals surface area contributed by atoms with Gasteiger partial charge in [0.1, 0.15) is 6.61 Å². The summed E-state index contributed by atoms with van der Waals surface area (Å²) in [5.41, 5.74) is 0.715. The second-order valence-corrected chi connectivity index (χ2v) is 5.47. The lowest BCUT2D eigenvalue weighted by molar-refractivity contribution is -0.148. The molecule has 1 aliphatic carbocycles. The van der Waals surface area contributed by atoms with E-state index in [0.29, 0.717) is 5.56 Å². The fourth-order valence-electron chi connectivity index (χ4n) is 1.88. The normalized spacial score (nSPS) is 15.4. The van der Waals surface area contributed by atoms with E-state index in [1.165, 1.54) is 16.2 Å². The maximum Gasteiger partial charge on any atom is 0.401 e. The highest BCUT2D eigenvalue weighted by Gasteiger charge is 2.38. The quantitative estimate of drug-likeness (QED) is 0.861. The zero-order chi connectivity index (χ0) is 13.9. The van der Waals surface area contributed by atoms with Crippen LogP contribution < -0.4 is 0 Å². The fraction of sp³-hybridized carbons (Fsp3) is 0.538. The first-order chi connectivity index (χ1) is 8.99. The van der Waals surface area contributed by atoms with Crippen molar-refractivity contribution in [1.82, 2.24) is 4.90 Å². The summed E-state index contributed by atoms with van der Waals surface area (Å²) in [5, 5.41) is 10.5. The van der Waals surface area contributed by atoms with Crippen LogP contribution in [0.1, 0.15) is 23.3 Å². The average Bonchev–Trinajstić information content (AvgIpc) is 3.07. The lowest BCUT2D eigenvalue weighted by atomic mass is 10.2. The summed E-state index contributed by atoms with van der Waals surface area (Å²) in [7, 11) is 0. The number of aliphatic hydroxyl groups excluding tert-OH is 1. The first kappa shape index (κ1) is 14.4. The van der Waals surface area contributed by atoms with E-state index in [0.717, 1.165) is 17.7 Å². The van der Waals surface area contributed by atoms with Crippen LogP contribution in [0, 0.1) is 11.8 Å². The Morgan fingerprint density at radius 2 is 2.16 bits per heavy atom. The van der Waals surface area contributed by atoms with E-state index in [1.807, 2.05) is 5.38 Å². The molecule has 0 aromatic carbocycles. The highest BCUT2D eigenvalue weighted by Crippen LogP contribution is 2.32. The molecular weight excluding hydrogens is 275 g/mol. The molecule has 0 amide bonds. The molecule has 1 saturated carbocycles. The Kier molecular flexibility index (Phi) is 4.50. The molecule has 0 spiro atoms. The van der Waals surface area contributed by atoms with E-state index in [1.54, 1.807) is 6.07 Å². The van der Waals surface area contributed by atoms with Crippen LogP contribution in [0.2, 0.25) is 0 Å². The predicted octanol–water partition coefficient (Wildman–Crippen LogP) is 2.62. The first-order valence-electron chi connectivity index (χ1n) is 5.96. The molecule has 0 atom stereocenters. The van der Waals surface area contributed by atoms with Crippen LogP contribution in [-0.4, -0.2) is 35.4 Å². The van der Waals surface area contributed by atoms with Gasteiger partial charge in [0.25, 0.3) is 0 Å². The molecule has 1 fully saturated rings. The third-order valence-corrected chi connectivity index (χ3v) is 3.75. The lowest BCUT2D eigenvalue weighted by Crippen LogP contribution is -2.35. The van der Waals surface area contributed by atoms with Crippen molar-refractivity contribution in [2.75, 3.05) is 13.2 Å². The minimum atomic E-state index is -4.17. The maximum atomic E-state index is 12.5. The molecule has 0 radical (unpaired) electrons. The molecule has 0 bridgehead atoms. The minimum Gasteiger partial charge on any atom is -0.384 e. The molecule has 1 heterocycles. The second kappa shape index (κ2) is 5.95. The van der Waals surface area contributed by atoms with Crippen molar-refractivity contribution in [3.05, 3.63) is 21.9 Å². The molecular formula is C13H14F3NOS. The molecule has 104 valence electrons. The maximum absolute atomic E-state index is 12.5. The Hall–Kier alpha value is -1.03. The van der Waals surface area contributed by atoms with E-state index in [-0.39, 0.29) is 19.2 Å². The van der Waals surface area contributed by atoms with Gasteiger partial charge in [-0.2, -0.15) is 13.2 Å². The molecule has 2 rings (SSSR count). The van der Waals surface area contributed by atoms with Gasteiger partial charge in [-0.3, -0.25) is 4.90 Å². The molecule has 1 aromatic rings. The smallest absolute Gasteiger partial charge is 0.384 e. The van der Waals surface area contributed by atoms with Crippen LogP contribution in [0.15, 0.2) is 11.4 Å². The van der Waals surface area contributed by atoms with E-state index >= 15 is 0 Å². The molecule has 0 unspecified atom stereocenters. The van der Waals surface area contributed by atoms with Gasteiger partial charge in [0, 0.05) is 23.0 Å². The summed E-state index contributed by atoms with van der Waals surface area (Å²) in [4.78, 5) is 2.30. The standard InChI is InChI=1S/C13H14F3NOS/c14-13(15,16)9-17(11-3-4-11)8-12-10(2-1-6-18)5-7-19-12/h5,7,11,18H,3-4,6,8-9H2. The highest BCUT2D eigenvalue weighted by molar-refractivity contribution is 7.10. The predicted molar refractivity (Wildman–Crippen MR) is 67.8 cm³/mol. The Bertz CT molecular complexity index is 482. The van der Waals surface area contributed by atoms with E-state index in [2.05, 4.69) is 11.8 Å². The van der Waals surface area contributed by atoms with Crippen molar-refractivity contribution in [2.45, 2.75) is 31.6 Å². The SMILES string of the molecule is OCC#Cc1ccsc1CN(CC(F)(F)F)C1CC1. The van der Waals surface area contributed by atoms with Crippen LogP contribution >= 0.6 is 11.3 Å². The zero-order valence-electron chi connectivity index (χ0n) is 10.2. The van der Waals surface area contributed by atoms with Gasteiger partial charge in [-0.25, -0.2) is 0 Å². The van der Waals surface area contributed by atoms with Gasteiger partial charge in [-0.05, 0) is 24.3 Å². The minimum absolute atomic E-state index is 0.0439. The Morgan fingerprint density at radius 1 is 1.42 bits per heavy atom. The van der Waals surface area contributed by atoms with Gasteiger partial charge in [0.2, 0.25) is 0 Å². The molecule has 1 aromatic heterocycles. The first-order valence-corrected chi connectivity index (χ1v) is 6.84. The van der Waals surface area contributed by atoms with Crippen molar-refractivity contribution < 1.29 is 18.3 Å². The number of alkyl halides is 3. The van der Waals surface area contributed by atoms with Crippen LogP contribution in [0.3, 0.4) is 0 Å². The van der Waals surface area contributed by atoms with E-state index < -0.39 is 12.7 Å². The summed E-state index contributed by atoms with van der Waals surface area (Å²) >= 11 is 1.41. The third-order valence-electron chi connectivity index (χ3n) is 2.84. The largest absolute Gasteiger partial charge is 0.401 e. The summed E-state index contributed by atoms with van der Waals surface area (Å²) in [6.45, 7) is -0.843. The topological polar surface area (TPSA) is 23.5 Å². The van der Waals surface area contributed by atoms with Gasteiger partial charge in [-0.1, -0.05) is 11.8 Å². The van der Waals surface area contributed by atoms with Crippen LogP contribution in [-0.2, 0) is 6.54 Å². The van der Waals surface area contributed by atoms with Crippen molar-refractivity contribution in [3.8, 4) is 11.8 Å². The lowest BCUT2D eigenvalue weighted by Gasteiger charge is -2.22. The molecule has 0 saturated heterocycles. The molecule has 1 N–H and O–H groups in total. The fourth-order valence-corrected chi connectivity index (χ4v) is 2.73. The average molecular weight is 289 g/mol. The van der Waals surface area contributed by atoms with Crippen molar-refractivity contribution in [1.29, 1.82) is 0 Å². The number of halogens is 3. The monoisotopic (exact) mass is 289 g/mol. The molecule has 19 heavy (non-hydrogen) atoms. The highest BCUT2D eigenvalue weighted by atomic mass is 32.1. The molecule has 2 nitrogen and oxygen atoms in total.